The molecule has 0 atom stereocenters. The van der Waals surface area contributed by atoms with Crippen molar-refractivity contribution in [1.82, 2.24) is 4.90 Å². The molecule has 2 fully saturated rings. The molecule has 3 aromatic carbocycles. The Bertz CT molecular complexity index is 1380. The average Bonchev–Trinajstić information content (AvgIpc) is 3.65. The van der Waals surface area contributed by atoms with E-state index in [1.807, 2.05) is 42.5 Å². The molecule has 0 unspecified atom stereocenters. The lowest BCUT2D eigenvalue weighted by Gasteiger charge is -2.33. The van der Waals surface area contributed by atoms with E-state index in [-0.39, 0.29) is 18.5 Å². The van der Waals surface area contributed by atoms with Crippen LogP contribution in [0.1, 0.15) is 78.9 Å². The summed E-state index contributed by atoms with van der Waals surface area (Å²) in [7, 11) is 0. The predicted octanol–water partition coefficient (Wildman–Crippen LogP) is 7.03. The van der Waals surface area contributed by atoms with Crippen molar-refractivity contribution in [2.75, 3.05) is 13.3 Å². The van der Waals surface area contributed by atoms with Crippen molar-refractivity contribution in [2.24, 2.45) is 0 Å². The zero-order valence-corrected chi connectivity index (χ0v) is 23.0. The second kappa shape index (κ2) is 10.5. The molecule has 0 N–H and O–H groups in total. The predicted molar refractivity (Wildman–Crippen MR) is 152 cm³/mol. The first-order chi connectivity index (χ1) is 19.0. The summed E-state index contributed by atoms with van der Waals surface area (Å²) >= 11 is 0. The van der Waals surface area contributed by atoms with E-state index < -0.39 is 5.41 Å². The van der Waals surface area contributed by atoms with Gasteiger partial charge in [-0.25, -0.2) is 0 Å². The molecule has 202 valence electrons. The molecule has 2 aliphatic carbocycles. The Morgan fingerprint density at radius 1 is 0.897 bits per heavy atom. The maximum absolute atomic E-state index is 13.6. The minimum absolute atomic E-state index is 0.130. The van der Waals surface area contributed by atoms with E-state index >= 15 is 0 Å². The molecule has 1 amide bonds. The zero-order chi connectivity index (χ0) is 27.0. The van der Waals surface area contributed by atoms with Crippen LogP contribution in [0.2, 0.25) is 0 Å². The van der Waals surface area contributed by atoms with Crippen LogP contribution in [0, 0.1) is 6.92 Å². The fourth-order valence-electron chi connectivity index (χ4n) is 6.41. The molecular weight excluding hydrogens is 486 g/mol. The number of benzene rings is 3. The number of fused-ring (bicyclic) bond motifs is 1. The Kier molecular flexibility index (Phi) is 6.92. The monoisotopic (exact) mass is 523 g/mol. The third-order valence-corrected chi connectivity index (χ3v) is 8.94. The molecular formula is C34H37NO4. The maximum atomic E-state index is 13.6. The Morgan fingerprint density at radius 3 is 2.36 bits per heavy atom. The van der Waals surface area contributed by atoms with Gasteiger partial charge < -0.3 is 14.4 Å². The Balaban J connectivity index is 1.18. The van der Waals surface area contributed by atoms with Crippen molar-refractivity contribution >= 4 is 11.7 Å². The number of rotatable bonds is 8. The van der Waals surface area contributed by atoms with E-state index in [2.05, 4.69) is 36.9 Å². The molecule has 6 rings (SSSR count). The maximum Gasteiger partial charge on any atom is 0.254 e. The van der Waals surface area contributed by atoms with E-state index in [4.69, 9.17) is 9.47 Å². The summed E-state index contributed by atoms with van der Waals surface area (Å²) in [5, 5.41) is 0. The van der Waals surface area contributed by atoms with Gasteiger partial charge in [0.05, 0.1) is 5.41 Å². The van der Waals surface area contributed by atoms with Crippen molar-refractivity contribution in [1.29, 1.82) is 0 Å². The average molecular weight is 524 g/mol. The fraction of sp³-hybridized carbons (Fsp3) is 0.412. The van der Waals surface area contributed by atoms with E-state index in [0.717, 1.165) is 77.1 Å². The van der Waals surface area contributed by atoms with Crippen molar-refractivity contribution in [3.05, 3.63) is 82.9 Å². The number of carbonyl (C=O) groups is 2. The fourth-order valence-corrected chi connectivity index (χ4v) is 6.41. The lowest BCUT2D eigenvalue weighted by atomic mass is 9.87. The number of carbonyl (C=O) groups excluding carboxylic acids is 2. The number of hydrogen-bond donors (Lipinski definition) is 0. The Morgan fingerprint density at radius 2 is 1.64 bits per heavy atom. The summed E-state index contributed by atoms with van der Waals surface area (Å²) in [6.07, 6.45) is 8.05. The van der Waals surface area contributed by atoms with Gasteiger partial charge in [-0.3, -0.25) is 9.59 Å². The summed E-state index contributed by atoms with van der Waals surface area (Å²) in [4.78, 5) is 28.9. The van der Waals surface area contributed by atoms with Crippen LogP contribution >= 0.6 is 0 Å². The van der Waals surface area contributed by atoms with Crippen LogP contribution in [-0.2, 0) is 16.6 Å². The molecule has 1 aliphatic heterocycles. The Labute approximate surface area is 231 Å². The van der Waals surface area contributed by atoms with Crippen molar-refractivity contribution < 1.29 is 19.1 Å². The molecule has 0 bridgehead atoms. The molecule has 39 heavy (non-hydrogen) atoms. The molecule has 0 aromatic heterocycles. The first kappa shape index (κ1) is 25.7. The molecule has 1 heterocycles. The van der Waals surface area contributed by atoms with E-state index in [0.29, 0.717) is 12.5 Å². The van der Waals surface area contributed by atoms with Gasteiger partial charge in [-0.2, -0.15) is 0 Å². The van der Waals surface area contributed by atoms with Crippen LogP contribution in [0.3, 0.4) is 0 Å². The van der Waals surface area contributed by atoms with Crippen molar-refractivity contribution in [2.45, 2.75) is 76.7 Å². The van der Waals surface area contributed by atoms with Gasteiger partial charge in [0.15, 0.2) is 11.5 Å². The molecule has 0 spiro atoms. The number of aryl methyl sites for hydroxylation is 1. The number of nitrogens with zero attached hydrogens (tertiary/aromatic N) is 1. The second-order valence-electron chi connectivity index (χ2n) is 11.4. The first-order valence-corrected chi connectivity index (χ1v) is 14.4. The van der Waals surface area contributed by atoms with Gasteiger partial charge in [-0.1, -0.05) is 55.7 Å². The van der Waals surface area contributed by atoms with Crippen LogP contribution in [0.5, 0.6) is 11.5 Å². The Hall–Kier alpha value is -3.60. The van der Waals surface area contributed by atoms with E-state index in [9.17, 15) is 9.59 Å². The highest BCUT2D eigenvalue weighted by Crippen LogP contribution is 2.51. The van der Waals surface area contributed by atoms with Gasteiger partial charge in [0.25, 0.3) is 5.91 Å². The SMILES string of the molecule is CCN(C(=O)c1ccc(-c2cc(CC(=O)C3(c4ccc5c(c4)OCO5)CC3)ccc2C)cc1)C1CCCCC1. The molecule has 5 nitrogen and oxygen atoms in total. The molecule has 0 radical (unpaired) electrons. The van der Waals surface area contributed by atoms with Crippen LogP contribution in [-0.4, -0.2) is 36.0 Å². The number of amides is 1. The molecule has 5 heteroatoms. The smallest absolute Gasteiger partial charge is 0.254 e. The molecule has 0 saturated heterocycles. The minimum Gasteiger partial charge on any atom is -0.454 e. The highest BCUT2D eigenvalue weighted by molar-refractivity contribution is 5.96. The van der Waals surface area contributed by atoms with E-state index in [1.165, 1.54) is 19.3 Å². The number of ketones is 1. The molecule has 3 aliphatic rings. The third-order valence-electron chi connectivity index (χ3n) is 8.94. The van der Waals surface area contributed by atoms with Gasteiger partial charge in [0.1, 0.15) is 5.78 Å². The van der Waals surface area contributed by atoms with Gasteiger partial charge >= 0.3 is 0 Å². The highest BCUT2D eigenvalue weighted by Gasteiger charge is 2.50. The second-order valence-corrected chi connectivity index (χ2v) is 11.4. The van der Waals surface area contributed by atoms with Gasteiger partial charge in [0, 0.05) is 24.6 Å². The topological polar surface area (TPSA) is 55.8 Å². The standard InChI is InChI=1S/C34H37NO4/c1-3-35(28-7-5-4-6-8-28)33(37)26-13-11-25(12-14-26)29-19-24(10-9-23(29)2)20-32(36)34(17-18-34)27-15-16-30-31(21-27)39-22-38-30/h9-16,19,21,28H,3-8,17-18,20,22H2,1-2H3. The van der Waals surface area contributed by atoms with Crippen LogP contribution in [0.15, 0.2) is 60.7 Å². The lowest BCUT2D eigenvalue weighted by Crippen LogP contribution is -2.41. The molecule has 2 saturated carbocycles. The number of hydrogen-bond acceptors (Lipinski definition) is 4. The van der Waals surface area contributed by atoms with Crippen LogP contribution < -0.4 is 9.47 Å². The minimum atomic E-state index is -0.419. The quantitative estimate of drug-likeness (QED) is 0.318. The van der Waals surface area contributed by atoms with Crippen LogP contribution in [0.25, 0.3) is 11.1 Å². The van der Waals surface area contributed by atoms with E-state index in [1.54, 1.807) is 0 Å². The summed E-state index contributed by atoms with van der Waals surface area (Å²) in [5.74, 6) is 1.85. The summed E-state index contributed by atoms with van der Waals surface area (Å²) in [6, 6.07) is 20.6. The van der Waals surface area contributed by atoms with Crippen LogP contribution in [0.4, 0.5) is 0 Å². The van der Waals surface area contributed by atoms with Crippen molar-refractivity contribution in [3.63, 3.8) is 0 Å². The zero-order valence-electron chi connectivity index (χ0n) is 23.0. The number of Topliss-reactive ketones (excluding diaryl/α,β-unsaturated/α-hetero) is 1. The normalized spacial score (nSPS) is 17.6. The highest BCUT2D eigenvalue weighted by atomic mass is 16.7. The summed E-state index contributed by atoms with van der Waals surface area (Å²) in [5.41, 5.74) is 5.69. The van der Waals surface area contributed by atoms with Crippen molar-refractivity contribution in [3.8, 4) is 22.6 Å². The lowest BCUT2D eigenvalue weighted by molar-refractivity contribution is -0.120. The number of ether oxygens (including phenoxy) is 2. The van der Waals surface area contributed by atoms with Gasteiger partial charge in [-0.05, 0) is 91.6 Å². The molecule has 3 aromatic rings. The summed E-state index contributed by atoms with van der Waals surface area (Å²) < 4.78 is 11.0. The largest absolute Gasteiger partial charge is 0.454 e. The third kappa shape index (κ3) is 4.95. The summed E-state index contributed by atoms with van der Waals surface area (Å²) in [6.45, 7) is 5.15. The van der Waals surface area contributed by atoms with Gasteiger partial charge in [0.2, 0.25) is 6.79 Å². The van der Waals surface area contributed by atoms with Gasteiger partial charge in [-0.15, -0.1) is 0 Å². The first-order valence-electron chi connectivity index (χ1n) is 14.4.